The van der Waals surface area contributed by atoms with E-state index >= 15 is 0 Å². The molecule has 2 rings (SSSR count). The summed E-state index contributed by atoms with van der Waals surface area (Å²) < 4.78 is 42.0. The molecule has 0 saturated carbocycles. The molecular weight excluding hydrogens is 273 g/mol. The molecule has 7 heteroatoms. The monoisotopic (exact) mass is 284 g/mol. The van der Waals surface area contributed by atoms with Gasteiger partial charge in [-0.3, -0.25) is 4.79 Å². The zero-order valence-corrected chi connectivity index (χ0v) is 10.3. The molecule has 0 radical (unpaired) electrons. The third-order valence-electron chi connectivity index (χ3n) is 2.74. The van der Waals surface area contributed by atoms with E-state index in [0.29, 0.717) is 29.8 Å². The van der Waals surface area contributed by atoms with Gasteiger partial charge in [-0.15, -0.1) is 0 Å². The van der Waals surface area contributed by atoms with E-state index in [-0.39, 0.29) is 6.61 Å². The summed E-state index contributed by atoms with van der Waals surface area (Å²) in [4.78, 5) is 17.0. The number of imidazole rings is 1. The van der Waals surface area contributed by atoms with Gasteiger partial charge in [-0.05, 0) is 12.1 Å². The lowest BCUT2D eigenvalue weighted by Crippen LogP contribution is -2.04. The molecule has 0 amide bonds. The van der Waals surface area contributed by atoms with Gasteiger partial charge in [0.15, 0.2) is 0 Å². The van der Waals surface area contributed by atoms with E-state index in [9.17, 15) is 18.0 Å². The first kappa shape index (κ1) is 14.1. The van der Waals surface area contributed by atoms with E-state index in [1.165, 1.54) is 18.5 Å². The van der Waals surface area contributed by atoms with Crippen LogP contribution in [0, 0.1) is 0 Å². The molecule has 0 saturated heterocycles. The van der Waals surface area contributed by atoms with Crippen LogP contribution < -0.4 is 0 Å². The van der Waals surface area contributed by atoms with Gasteiger partial charge in [-0.1, -0.05) is 12.1 Å². The minimum absolute atomic E-state index is 0.180. The Morgan fingerprint density at radius 3 is 2.55 bits per heavy atom. The highest BCUT2D eigenvalue weighted by molar-refractivity contribution is 5.62. The van der Waals surface area contributed by atoms with E-state index < -0.39 is 11.7 Å². The van der Waals surface area contributed by atoms with Gasteiger partial charge in [0.1, 0.15) is 0 Å². The Morgan fingerprint density at radius 1 is 1.25 bits per heavy atom. The number of aromatic amines is 1. The van der Waals surface area contributed by atoms with Crippen molar-refractivity contribution in [2.24, 2.45) is 0 Å². The number of benzene rings is 1. The third kappa shape index (κ3) is 3.17. The van der Waals surface area contributed by atoms with Gasteiger partial charge in [0.2, 0.25) is 0 Å². The number of halogens is 3. The lowest BCUT2D eigenvalue weighted by molar-refractivity contribution is -0.137. The molecule has 4 nitrogen and oxygen atoms in total. The van der Waals surface area contributed by atoms with Crippen LogP contribution in [0.2, 0.25) is 0 Å². The first-order chi connectivity index (χ1) is 9.52. The number of nitrogens with zero attached hydrogens (tertiary/aromatic N) is 1. The molecule has 1 aromatic heterocycles. The smallest absolute Gasteiger partial charge is 0.416 e. The molecule has 106 valence electrons. The van der Waals surface area contributed by atoms with Crippen LogP contribution in [0.25, 0.3) is 11.3 Å². The number of carbonyl (C=O) groups is 1. The van der Waals surface area contributed by atoms with E-state index in [4.69, 9.17) is 0 Å². The standard InChI is InChI=1S/C13H11F3N2O2/c14-13(15,16)10-3-1-9(2-4-10)12-11(17-7-18-12)5-6-20-8-19/h1-4,7-8H,5-6H2,(H,17,18). The van der Waals surface area contributed by atoms with Gasteiger partial charge in [0.05, 0.1) is 24.2 Å². The summed E-state index contributed by atoms with van der Waals surface area (Å²) in [5, 5.41) is 0. The van der Waals surface area contributed by atoms with Crippen LogP contribution in [-0.4, -0.2) is 23.0 Å². The number of ether oxygens (including phenoxy) is 1. The molecule has 1 N–H and O–H groups in total. The highest BCUT2D eigenvalue weighted by Crippen LogP contribution is 2.31. The number of alkyl halides is 3. The minimum atomic E-state index is -4.36. The minimum Gasteiger partial charge on any atom is -0.467 e. The van der Waals surface area contributed by atoms with Gasteiger partial charge < -0.3 is 9.72 Å². The number of rotatable bonds is 5. The average molecular weight is 284 g/mol. The van der Waals surface area contributed by atoms with E-state index in [2.05, 4.69) is 14.7 Å². The van der Waals surface area contributed by atoms with Crippen LogP contribution in [0.5, 0.6) is 0 Å². The second-order valence-corrected chi connectivity index (χ2v) is 4.02. The molecule has 20 heavy (non-hydrogen) atoms. The Bertz CT molecular complexity index is 576. The van der Waals surface area contributed by atoms with Crippen molar-refractivity contribution in [1.82, 2.24) is 9.97 Å². The molecule has 0 aliphatic heterocycles. The summed E-state index contributed by atoms with van der Waals surface area (Å²) in [7, 11) is 0. The first-order valence-electron chi connectivity index (χ1n) is 5.77. The largest absolute Gasteiger partial charge is 0.467 e. The molecule has 1 aromatic carbocycles. The lowest BCUT2D eigenvalue weighted by Gasteiger charge is -2.07. The van der Waals surface area contributed by atoms with Crippen LogP contribution in [0.3, 0.4) is 0 Å². The molecule has 0 aliphatic carbocycles. The van der Waals surface area contributed by atoms with Crippen LogP contribution >= 0.6 is 0 Å². The summed E-state index contributed by atoms with van der Waals surface area (Å²) in [5.41, 5.74) is 1.11. The predicted molar refractivity (Wildman–Crippen MR) is 64.7 cm³/mol. The fourth-order valence-electron chi connectivity index (χ4n) is 1.79. The van der Waals surface area contributed by atoms with Gasteiger partial charge in [-0.25, -0.2) is 4.98 Å². The summed E-state index contributed by atoms with van der Waals surface area (Å²) in [6.07, 6.45) is -2.50. The number of H-pyrrole nitrogens is 1. The number of carbonyl (C=O) groups excluding carboxylic acids is 1. The number of hydrogen-bond donors (Lipinski definition) is 1. The van der Waals surface area contributed by atoms with E-state index in [1.807, 2.05) is 0 Å². The average Bonchev–Trinajstić information content (AvgIpc) is 2.87. The Balaban J connectivity index is 2.20. The molecule has 0 atom stereocenters. The summed E-state index contributed by atoms with van der Waals surface area (Å²) in [6, 6.07) is 4.75. The Hall–Kier alpha value is -2.31. The predicted octanol–water partition coefficient (Wildman–Crippen LogP) is 2.81. The van der Waals surface area contributed by atoms with Crippen molar-refractivity contribution in [3.8, 4) is 11.3 Å². The van der Waals surface area contributed by atoms with Crippen molar-refractivity contribution in [2.45, 2.75) is 12.6 Å². The second kappa shape index (κ2) is 5.77. The van der Waals surface area contributed by atoms with Gasteiger partial charge in [-0.2, -0.15) is 13.2 Å². The Labute approximate surface area is 112 Å². The van der Waals surface area contributed by atoms with Crippen molar-refractivity contribution >= 4 is 6.47 Å². The first-order valence-corrected chi connectivity index (χ1v) is 5.77. The van der Waals surface area contributed by atoms with Crippen molar-refractivity contribution < 1.29 is 22.7 Å². The maximum atomic E-state index is 12.5. The van der Waals surface area contributed by atoms with E-state index in [0.717, 1.165) is 12.1 Å². The summed E-state index contributed by atoms with van der Waals surface area (Å²) in [6.45, 7) is 0.521. The normalized spacial score (nSPS) is 11.3. The fourth-order valence-corrected chi connectivity index (χ4v) is 1.79. The third-order valence-corrected chi connectivity index (χ3v) is 2.74. The molecule has 0 spiro atoms. The zero-order chi connectivity index (χ0) is 14.6. The summed E-state index contributed by atoms with van der Waals surface area (Å²) >= 11 is 0. The quantitative estimate of drug-likeness (QED) is 0.678. The fraction of sp³-hybridized carbons (Fsp3) is 0.231. The highest BCUT2D eigenvalue weighted by atomic mass is 19.4. The van der Waals surface area contributed by atoms with Crippen LogP contribution in [0.15, 0.2) is 30.6 Å². The maximum absolute atomic E-state index is 12.5. The van der Waals surface area contributed by atoms with Crippen LogP contribution in [0.1, 0.15) is 11.3 Å². The Kier molecular flexibility index (Phi) is 4.07. The van der Waals surface area contributed by atoms with Crippen LogP contribution in [0.4, 0.5) is 13.2 Å². The van der Waals surface area contributed by atoms with Crippen molar-refractivity contribution in [2.75, 3.05) is 6.61 Å². The topological polar surface area (TPSA) is 55.0 Å². The van der Waals surface area contributed by atoms with Crippen molar-refractivity contribution in [3.63, 3.8) is 0 Å². The lowest BCUT2D eigenvalue weighted by atomic mass is 10.1. The molecule has 0 unspecified atom stereocenters. The Morgan fingerprint density at radius 2 is 1.95 bits per heavy atom. The van der Waals surface area contributed by atoms with Crippen molar-refractivity contribution in [1.29, 1.82) is 0 Å². The maximum Gasteiger partial charge on any atom is 0.416 e. The molecular formula is C13H11F3N2O2. The molecule has 0 bridgehead atoms. The summed E-state index contributed by atoms with van der Waals surface area (Å²) in [5.74, 6) is 0. The molecule has 0 fully saturated rings. The SMILES string of the molecule is O=COCCc1[nH]cnc1-c1ccc(C(F)(F)F)cc1. The number of aromatic nitrogens is 2. The second-order valence-electron chi connectivity index (χ2n) is 4.02. The zero-order valence-electron chi connectivity index (χ0n) is 10.3. The molecule has 2 aromatic rings. The van der Waals surface area contributed by atoms with Crippen LogP contribution in [-0.2, 0) is 22.1 Å². The van der Waals surface area contributed by atoms with Gasteiger partial charge in [0.25, 0.3) is 6.47 Å². The van der Waals surface area contributed by atoms with Gasteiger partial charge >= 0.3 is 6.18 Å². The highest BCUT2D eigenvalue weighted by Gasteiger charge is 2.30. The number of hydrogen-bond acceptors (Lipinski definition) is 3. The molecule has 0 aliphatic rings. The molecule has 1 heterocycles. The van der Waals surface area contributed by atoms with Gasteiger partial charge in [0, 0.05) is 17.7 Å². The van der Waals surface area contributed by atoms with E-state index in [1.54, 1.807) is 0 Å². The number of nitrogens with one attached hydrogen (secondary N) is 1. The van der Waals surface area contributed by atoms with Crippen molar-refractivity contribution in [3.05, 3.63) is 41.9 Å².